The van der Waals surface area contributed by atoms with Crippen molar-refractivity contribution in [2.24, 2.45) is 0 Å². The normalized spacial score (nSPS) is 12.7. The van der Waals surface area contributed by atoms with Crippen molar-refractivity contribution in [1.29, 1.82) is 0 Å². The van der Waals surface area contributed by atoms with Crippen LogP contribution in [0.25, 0.3) is 22.6 Å². The van der Waals surface area contributed by atoms with Gasteiger partial charge >= 0.3 is 6.09 Å². The highest BCUT2D eigenvalue weighted by atomic mass is 19.1. The zero-order chi connectivity index (χ0) is 25.6. The van der Waals surface area contributed by atoms with Crippen molar-refractivity contribution < 1.29 is 19.4 Å². The van der Waals surface area contributed by atoms with Gasteiger partial charge in [0.05, 0.1) is 24.5 Å². The molecule has 31 heavy (non-hydrogen) atoms. The van der Waals surface area contributed by atoms with Crippen LogP contribution < -0.4 is 16.4 Å². The highest BCUT2D eigenvalue weighted by molar-refractivity contribution is 5.96. The first-order valence-corrected chi connectivity index (χ1v) is 8.88. The number of halogens is 1. The Labute approximate surface area is 181 Å². The zero-order valence-corrected chi connectivity index (χ0v) is 16.5. The molecule has 11 heteroatoms. The molecule has 0 radical (unpaired) electrons. The second-order valence-electron chi connectivity index (χ2n) is 6.37. The smallest absolute Gasteiger partial charge is 0.413 e. The number of amides is 1. The molecule has 1 amide bonds. The number of nitrogens with two attached hydrogens (primary N) is 2. The van der Waals surface area contributed by atoms with E-state index in [1.165, 1.54) is 25.0 Å². The van der Waals surface area contributed by atoms with Crippen molar-refractivity contribution >= 4 is 34.4 Å². The van der Waals surface area contributed by atoms with E-state index in [1.807, 2.05) is 0 Å². The fourth-order valence-corrected chi connectivity index (χ4v) is 3.03. The second kappa shape index (κ2) is 7.86. The third kappa shape index (κ3) is 3.56. The minimum Gasteiger partial charge on any atom is -0.452 e. The van der Waals surface area contributed by atoms with Crippen LogP contribution in [0.1, 0.15) is 11.0 Å². The molecule has 158 valence electrons. The number of rotatable bonds is 4. The Morgan fingerprint density at radius 3 is 2.71 bits per heavy atom. The van der Waals surface area contributed by atoms with E-state index in [4.69, 9.17) is 17.0 Å². The number of nitrogens with zero attached hydrogens (tertiary/aromatic N) is 6. The number of nitrogen functional groups attached to an aromatic ring is 2. The predicted molar refractivity (Wildman–Crippen MR) is 114 cm³/mol. The molecular weight excluding hydrogens is 403 g/mol. The third-order valence-corrected chi connectivity index (χ3v) is 4.46. The standard InChI is InChI=1S/C20H19FN8O2/c1-28(20(30)31-2)15-16(22)25-18(26-17(15)23)14-12-7-5-9-24-19(12)29(27-14)10-11-6-3-4-8-13(11)21/h3-9H,10H2,1-2H3,(H4,22,23,25,26)/i3D,4D,6D,8D. The molecule has 0 saturated carbocycles. The Hall–Kier alpha value is -4.28. The van der Waals surface area contributed by atoms with Crippen LogP contribution in [0.2, 0.25) is 0 Å². The Kier molecular flexibility index (Phi) is 3.94. The molecule has 1 aromatic carbocycles. The van der Waals surface area contributed by atoms with Gasteiger partial charge in [-0.2, -0.15) is 5.10 Å². The van der Waals surface area contributed by atoms with Gasteiger partial charge in [0.2, 0.25) is 0 Å². The number of benzene rings is 1. The highest BCUT2D eigenvalue weighted by Crippen LogP contribution is 2.32. The first-order valence-electron chi connectivity index (χ1n) is 10.9. The summed E-state index contributed by atoms with van der Waals surface area (Å²) in [7, 11) is 2.59. The summed E-state index contributed by atoms with van der Waals surface area (Å²) in [6.07, 6.45) is 0.757. The molecule has 4 aromatic rings. The number of hydrogen-bond acceptors (Lipinski definition) is 8. The summed E-state index contributed by atoms with van der Waals surface area (Å²) in [6.45, 7) is -0.343. The third-order valence-electron chi connectivity index (χ3n) is 4.46. The summed E-state index contributed by atoms with van der Waals surface area (Å²) in [4.78, 5) is 25.6. The molecular formula is C20H19FN8O2. The number of carbonyl (C=O) groups excluding carboxylic acids is 1. The van der Waals surface area contributed by atoms with Crippen LogP contribution in [0.15, 0.2) is 42.5 Å². The van der Waals surface area contributed by atoms with Gasteiger partial charge in [-0.05, 0) is 18.2 Å². The Bertz CT molecular complexity index is 1440. The molecule has 0 fully saturated rings. The summed E-state index contributed by atoms with van der Waals surface area (Å²) in [5.74, 6) is -1.31. The molecule has 0 saturated heterocycles. The lowest BCUT2D eigenvalue weighted by Gasteiger charge is -2.18. The van der Waals surface area contributed by atoms with Crippen molar-refractivity contribution in [2.75, 3.05) is 30.5 Å². The van der Waals surface area contributed by atoms with Crippen LogP contribution in [0, 0.1) is 5.82 Å². The summed E-state index contributed by atoms with van der Waals surface area (Å²) in [5, 5.41) is 4.88. The van der Waals surface area contributed by atoms with E-state index in [2.05, 4.69) is 24.8 Å². The minimum atomic E-state index is -1.09. The fraction of sp³-hybridized carbons (Fsp3) is 0.150. The zero-order valence-electron chi connectivity index (χ0n) is 20.5. The van der Waals surface area contributed by atoms with E-state index in [-0.39, 0.29) is 46.6 Å². The molecule has 0 aliphatic carbocycles. The molecule has 0 atom stereocenters. The number of pyridine rings is 1. The summed E-state index contributed by atoms with van der Waals surface area (Å²) >= 11 is 0. The van der Waals surface area contributed by atoms with Crippen molar-refractivity contribution in [2.45, 2.75) is 6.54 Å². The number of carbonyl (C=O) groups is 1. The molecule has 4 rings (SSSR count). The summed E-state index contributed by atoms with van der Waals surface area (Å²) < 4.78 is 52.0. The Morgan fingerprint density at radius 1 is 1.29 bits per heavy atom. The maximum absolute atomic E-state index is 14.8. The lowest BCUT2D eigenvalue weighted by Crippen LogP contribution is -2.28. The molecule has 10 nitrogen and oxygen atoms in total. The maximum Gasteiger partial charge on any atom is 0.413 e. The van der Waals surface area contributed by atoms with Gasteiger partial charge < -0.3 is 16.2 Å². The molecule has 0 aliphatic rings. The largest absolute Gasteiger partial charge is 0.452 e. The van der Waals surface area contributed by atoms with Crippen molar-refractivity contribution in [1.82, 2.24) is 24.7 Å². The minimum absolute atomic E-state index is 0.00852. The lowest BCUT2D eigenvalue weighted by atomic mass is 10.2. The molecule has 3 heterocycles. The highest BCUT2D eigenvalue weighted by Gasteiger charge is 2.23. The lowest BCUT2D eigenvalue weighted by molar-refractivity contribution is 0.180. The van der Waals surface area contributed by atoms with Gasteiger partial charge in [-0.3, -0.25) is 4.90 Å². The average molecular weight is 426 g/mol. The molecule has 4 N–H and O–H groups in total. The average Bonchev–Trinajstić information content (AvgIpc) is 3.21. The number of ether oxygens (including phenoxy) is 1. The van der Waals surface area contributed by atoms with Crippen LogP contribution in [-0.2, 0) is 11.3 Å². The number of methoxy groups -OCH3 is 1. The van der Waals surface area contributed by atoms with Gasteiger partial charge in [-0.15, -0.1) is 0 Å². The van der Waals surface area contributed by atoms with Gasteiger partial charge in [0, 0.05) is 18.8 Å². The topological polar surface area (TPSA) is 138 Å². The number of hydrogen-bond donors (Lipinski definition) is 2. The van der Waals surface area contributed by atoms with Crippen molar-refractivity contribution in [3.8, 4) is 11.5 Å². The number of anilines is 3. The molecule has 0 spiro atoms. The van der Waals surface area contributed by atoms with E-state index in [1.54, 1.807) is 12.1 Å². The second-order valence-corrected chi connectivity index (χ2v) is 6.37. The van der Waals surface area contributed by atoms with Crippen molar-refractivity contribution in [3.63, 3.8) is 0 Å². The first kappa shape index (κ1) is 15.5. The summed E-state index contributed by atoms with van der Waals surface area (Å²) in [5.41, 5.74) is 12.3. The summed E-state index contributed by atoms with van der Waals surface area (Å²) in [6, 6.07) is 0.771. The van der Waals surface area contributed by atoms with Crippen LogP contribution in [0.4, 0.5) is 26.5 Å². The van der Waals surface area contributed by atoms with Crippen LogP contribution in [0.5, 0.6) is 0 Å². The molecule has 0 unspecified atom stereocenters. The fourth-order valence-electron chi connectivity index (χ4n) is 3.03. The van der Waals surface area contributed by atoms with Crippen molar-refractivity contribution in [3.05, 3.63) is 53.9 Å². The van der Waals surface area contributed by atoms with Crippen LogP contribution in [-0.4, -0.2) is 45.0 Å². The first-order chi connectivity index (χ1) is 16.6. The van der Waals surface area contributed by atoms with Gasteiger partial charge in [-0.25, -0.2) is 28.8 Å². The van der Waals surface area contributed by atoms with E-state index in [0.29, 0.717) is 5.39 Å². The maximum atomic E-state index is 14.8. The van der Waals surface area contributed by atoms with Gasteiger partial charge in [-0.1, -0.05) is 18.1 Å². The quantitative estimate of drug-likeness (QED) is 0.507. The van der Waals surface area contributed by atoms with E-state index >= 15 is 0 Å². The van der Waals surface area contributed by atoms with Gasteiger partial charge in [0.25, 0.3) is 0 Å². The van der Waals surface area contributed by atoms with Crippen LogP contribution in [0.3, 0.4) is 0 Å². The molecule has 0 aliphatic heterocycles. The SMILES string of the molecule is [2H]c1c([2H])c([2H])c(Cn2nc(-c3nc(N)c(N(C)C(=O)OC)c(N)n3)c3cccnc32)c(F)c1[2H]. The predicted octanol–water partition coefficient (Wildman–Crippen LogP) is 2.44. The van der Waals surface area contributed by atoms with E-state index in [9.17, 15) is 9.18 Å². The number of aromatic nitrogens is 5. The molecule has 0 bridgehead atoms. The Balaban J connectivity index is 1.86. The Morgan fingerprint density at radius 2 is 2.00 bits per heavy atom. The van der Waals surface area contributed by atoms with Gasteiger partial charge in [0.15, 0.2) is 23.1 Å². The molecule has 3 aromatic heterocycles. The van der Waals surface area contributed by atoms with E-state index in [0.717, 1.165) is 4.90 Å². The monoisotopic (exact) mass is 426 g/mol. The number of fused-ring (bicyclic) bond motifs is 1. The van der Waals surface area contributed by atoms with Crippen LogP contribution >= 0.6 is 0 Å². The van der Waals surface area contributed by atoms with E-state index < -0.39 is 36.1 Å². The van der Waals surface area contributed by atoms with Gasteiger partial charge in [0.1, 0.15) is 17.2 Å².